The molecule has 1 aromatic carbocycles. The monoisotopic (exact) mass is 337 g/mol. The second kappa shape index (κ2) is 7.75. The number of aryl methyl sites for hydroxylation is 1. The van der Waals surface area contributed by atoms with Gasteiger partial charge < -0.3 is 10.6 Å². The number of nitrogens with one attached hydrogen (secondary N) is 2. The van der Waals surface area contributed by atoms with Crippen molar-refractivity contribution in [2.45, 2.75) is 19.9 Å². The van der Waals surface area contributed by atoms with Crippen molar-refractivity contribution in [2.24, 2.45) is 0 Å². The molecular weight excluding hydrogens is 318 g/mol. The SMILES string of the molecule is Cc1cccc(CNc2ccc(NC(=O)Cc3cccs3)cn2)c1. The Morgan fingerprint density at radius 2 is 2.08 bits per heavy atom. The molecule has 0 spiro atoms. The van der Waals surface area contributed by atoms with E-state index in [-0.39, 0.29) is 5.91 Å². The highest BCUT2D eigenvalue weighted by Gasteiger charge is 2.05. The number of carbonyl (C=O) groups is 1. The molecule has 2 heterocycles. The predicted octanol–water partition coefficient (Wildman–Crippen LogP) is 4.24. The van der Waals surface area contributed by atoms with Crippen molar-refractivity contribution in [1.29, 1.82) is 0 Å². The highest BCUT2D eigenvalue weighted by Crippen LogP contribution is 2.14. The van der Waals surface area contributed by atoms with Crippen molar-refractivity contribution in [3.63, 3.8) is 0 Å². The third kappa shape index (κ3) is 4.67. The molecule has 4 nitrogen and oxygen atoms in total. The number of hydrogen-bond donors (Lipinski definition) is 2. The summed E-state index contributed by atoms with van der Waals surface area (Å²) < 4.78 is 0. The Labute approximate surface area is 145 Å². The minimum absolute atomic E-state index is 0.0280. The maximum atomic E-state index is 12.0. The maximum absolute atomic E-state index is 12.0. The van der Waals surface area contributed by atoms with Crippen LogP contribution in [0.2, 0.25) is 0 Å². The first-order chi connectivity index (χ1) is 11.7. The Hall–Kier alpha value is -2.66. The molecule has 5 heteroatoms. The fourth-order valence-corrected chi connectivity index (χ4v) is 3.07. The number of aromatic nitrogens is 1. The molecule has 0 fully saturated rings. The molecule has 24 heavy (non-hydrogen) atoms. The molecule has 0 radical (unpaired) electrons. The first-order valence-electron chi connectivity index (χ1n) is 7.77. The van der Waals surface area contributed by atoms with Gasteiger partial charge in [-0.1, -0.05) is 35.9 Å². The van der Waals surface area contributed by atoms with Gasteiger partial charge in [-0.25, -0.2) is 4.98 Å². The van der Waals surface area contributed by atoms with E-state index in [1.807, 2.05) is 35.7 Å². The summed E-state index contributed by atoms with van der Waals surface area (Å²) in [5, 5.41) is 8.12. The average Bonchev–Trinajstić information content (AvgIpc) is 3.07. The summed E-state index contributed by atoms with van der Waals surface area (Å²) in [4.78, 5) is 17.4. The topological polar surface area (TPSA) is 54.0 Å². The number of carbonyl (C=O) groups excluding carboxylic acids is 1. The zero-order chi connectivity index (χ0) is 16.8. The summed E-state index contributed by atoms with van der Waals surface area (Å²) in [6, 6.07) is 16.0. The Morgan fingerprint density at radius 3 is 2.79 bits per heavy atom. The van der Waals surface area contributed by atoms with Gasteiger partial charge in [-0.15, -0.1) is 11.3 Å². The molecule has 0 unspecified atom stereocenters. The van der Waals surface area contributed by atoms with E-state index in [0.29, 0.717) is 12.1 Å². The predicted molar refractivity (Wildman–Crippen MR) is 99.4 cm³/mol. The van der Waals surface area contributed by atoms with Gasteiger partial charge in [-0.3, -0.25) is 4.79 Å². The smallest absolute Gasteiger partial charge is 0.229 e. The van der Waals surface area contributed by atoms with Gasteiger partial charge in [-0.2, -0.15) is 0 Å². The molecular formula is C19H19N3OS. The van der Waals surface area contributed by atoms with Crippen LogP contribution < -0.4 is 10.6 Å². The zero-order valence-corrected chi connectivity index (χ0v) is 14.3. The fourth-order valence-electron chi connectivity index (χ4n) is 2.36. The number of rotatable bonds is 6. The molecule has 1 amide bonds. The zero-order valence-electron chi connectivity index (χ0n) is 13.5. The molecule has 0 aliphatic carbocycles. The lowest BCUT2D eigenvalue weighted by Crippen LogP contribution is -2.14. The highest BCUT2D eigenvalue weighted by molar-refractivity contribution is 7.10. The summed E-state index contributed by atoms with van der Waals surface area (Å²) in [5.74, 6) is 0.757. The Bertz CT molecular complexity index is 798. The molecule has 0 saturated heterocycles. The number of pyridine rings is 1. The Kier molecular flexibility index (Phi) is 5.23. The summed E-state index contributed by atoms with van der Waals surface area (Å²) in [5.41, 5.74) is 3.16. The average molecular weight is 337 g/mol. The van der Waals surface area contributed by atoms with Gasteiger partial charge in [0.15, 0.2) is 0 Å². The molecule has 0 saturated carbocycles. The lowest BCUT2D eigenvalue weighted by atomic mass is 10.1. The largest absolute Gasteiger partial charge is 0.366 e. The molecule has 3 rings (SSSR count). The van der Waals surface area contributed by atoms with Gasteiger partial charge in [0.2, 0.25) is 5.91 Å². The highest BCUT2D eigenvalue weighted by atomic mass is 32.1. The molecule has 3 aromatic rings. The minimum Gasteiger partial charge on any atom is -0.366 e. The molecule has 0 atom stereocenters. The number of thiophene rings is 1. The van der Waals surface area contributed by atoms with Gasteiger partial charge in [0.1, 0.15) is 5.82 Å². The maximum Gasteiger partial charge on any atom is 0.229 e. The van der Waals surface area contributed by atoms with Crippen LogP contribution in [0.3, 0.4) is 0 Å². The fraction of sp³-hybridized carbons (Fsp3) is 0.158. The summed E-state index contributed by atoms with van der Waals surface area (Å²) in [6.07, 6.45) is 2.07. The number of hydrogen-bond acceptors (Lipinski definition) is 4. The van der Waals surface area contributed by atoms with Crippen LogP contribution in [0.15, 0.2) is 60.1 Å². The normalized spacial score (nSPS) is 10.4. The van der Waals surface area contributed by atoms with Gasteiger partial charge in [-0.05, 0) is 36.1 Å². The van der Waals surface area contributed by atoms with Crippen LogP contribution >= 0.6 is 11.3 Å². The van der Waals surface area contributed by atoms with Gasteiger partial charge in [0, 0.05) is 11.4 Å². The van der Waals surface area contributed by atoms with E-state index in [9.17, 15) is 4.79 Å². The summed E-state index contributed by atoms with van der Waals surface area (Å²) >= 11 is 1.58. The van der Waals surface area contributed by atoms with Crippen LogP contribution in [0.25, 0.3) is 0 Å². The third-order valence-electron chi connectivity index (χ3n) is 3.52. The molecule has 0 aliphatic heterocycles. The molecule has 2 N–H and O–H groups in total. The number of nitrogens with zero attached hydrogens (tertiary/aromatic N) is 1. The van der Waals surface area contributed by atoms with Crippen molar-refractivity contribution < 1.29 is 4.79 Å². The Morgan fingerprint density at radius 1 is 1.17 bits per heavy atom. The quantitative estimate of drug-likeness (QED) is 0.707. The first kappa shape index (κ1) is 16.2. The van der Waals surface area contributed by atoms with Crippen molar-refractivity contribution in [3.8, 4) is 0 Å². The van der Waals surface area contributed by atoms with E-state index in [4.69, 9.17) is 0 Å². The van der Waals surface area contributed by atoms with E-state index in [1.54, 1.807) is 17.5 Å². The van der Waals surface area contributed by atoms with Crippen molar-refractivity contribution in [1.82, 2.24) is 4.98 Å². The van der Waals surface area contributed by atoms with Crippen molar-refractivity contribution in [2.75, 3.05) is 10.6 Å². The molecule has 0 bridgehead atoms. The van der Waals surface area contributed by atoms with Gasteiger partial charge in [0.25, 0.3) is 0 Å². The van der Waals surface area contributed by atoms with E-state index in [0.717, 1.165) is 17.2 Å². The van der Waals surface area contributed by atoms with Crippen molar-refractivity contribution in [3.05, 3.63) is 76.1 Å². The van der Waals surface area contributed by atoms with E-state index in [2.05, 4.69) is 40.7 Å². The van der Waals surface area contributed by atoms with Gasteiger partial charge >= 0.3 is 0 Å². The number of amides is 1. The lowest BCUT2D eigenvalue weighted by Gasteiger charge is -2.08. The second-order valence-electron chi connectivity index (χ2n) is 5.58. The van der Waals surface area contributed by atoms with Crippen LogP contribution in [-0.2, 0) is 17.8 Å². The van der Waals surface area contributed by atoms with Crippen molar-refractivity contribution >= 4 is 28.7 Å². The lowest BCUT2D eigenvalue weighted by molar-refractivity contribution is -0.115. The molecule has 2 aromatic heterocycles. The van der Waals surface area contributed by atoms with Crippen LogP contribution in [0.5, 0.6) is 0 Å². The second-order valence-corrected chi connectivity index (χ2v) is 6.61. The third-order valence-corrected chi connectivity index (χ3v) is 4.39. The van der Waals surface area contributed by atoms with Crippen LogP contribution in [0, 0.1) is 6.92 Å². The van der Waals surface area contributed by atoms with Crippen LogP contribution in [0.4, 0.5) is 11.5 Å². The van der Waals surface area contributed by atoms with Crippen LogP contribution in [0.1, 0.15) is 16.0 Å². The number of benzene rings is 1. The van der Waals surface area contributed by atoms with Gasteiger partial charge in [0.05, 0.1) is 18.3 Å². The van der Waals surface area contributed by atoms with Crippen LogP contribution in [-0.4, -0.2) is 10.9 Å². The van der Waals surface area contributed by atoms with E-state index in [1.165, 1.54) is 11.1 Å². The standard InChI is InChI=1S/C19H19N3OS/c1-14-4-2-5-15(10-14)12-20-18-8-7-16(13-21-18)22-19(23)11-17-6-3-9-24-17/h2-10,13H,11-12H2,1H3,(H,20,21)(H,22,23). The summed E-state index contributed by atoms with van der Waals surface area (Å²) in [6.45, 7) is 2.80. The Balaban J connectivity index is 1.52. The minimum atomic E-state index is -0.0280. The summed E-state index contributed by atoms with van der Waals surface area (Å²) in [7, 11) is 0. The number of anilines is 2. The first-order valence-corrected chi connectivity index (χ1v) is 8.65. The van der Waals surface area contributed by atoms with E-state index < -0.39 is 0 Å². The molecule has 0 aliphatic rings. The van der Waals surface area contributed by atoms with E-state index >= 15 is 0 Å². The molecule has 122 valence electrons.